The number of rotatable bonds is 7. The monoisotopic (exact) mass is 243 g/mol. The lowest BCUT2D eigenvalue weighted by Gasteiger charge is -2.41. The Labute approximate surface area is 106 Å². The van der Waals surface area contributed by atoms with E-state index < -0.39 is 0 Å². The van der Waals surface area contributed by atoms with Gasteiger partial charge < -0.3 is 9.84 Å². The summed E-state index contributed by atoms with van der Waals surface area (Å²) in [5.74, 6) is 0. The summed E-state index contributed by atoms with van der Waals surface area (Å²) in [6, 6.07) is 1.22. The lowest BCUT2D eigenvalue weighted by atomic mass is 9.90. The van der Waals surface area contributed by atoms with Crippen LogP contribution in [0.25, 0.3) is 0 Å². The zero-order valence-electron chi connectivity index (χ0n) is 11.7. The van der Waals surface area contributed by atoms with Crippen LogP contribution in [0.3, 0.4) is 0 Å². The van der Waals surface area contributed by atoms with Gasteiger partial charge >= 0.3 is 0 Å². The van der Waals surface area contributed by atoms with Gasteiger partial charge in [-0.1, -0.05) is 13.8 Å². The molecule has 3 heteroatoms. The van der Waals surface area contributed by atoms with Gasteiger partial charge in [-0.3, -0.25) is 4.90 Å². The molecule has 1 rings (SSSR count). The number of ether oxygens (including phenoxy) is 1. The first-order chi connectivity index (χ1) is 8.26. The number of methoxy groups -OCH3 is 1. The number of aliphatic hydroxyl groups excluding tert-OH is 1. The van der Waals surface area contributed by atoms with Gasteiger partial charge in [-0.05, 0) is 38.5 Å². The Hall–Kier alpha value is -0.120. The van der Waals surface area contributed by atoms with Crippen LogP contribution < -0.4 is 0 Å². The smallest absolute Gasteiger partial charge is 0.0586 e. The first kappa shape index (κ1) is 14.9. The Bertz CT molecular complexity index is 195. The second-order valence-electron chi connectivity index (χ2n) is 5.11. The molecule has 0 saturated heterocycles. The van der Waals surface area contributed by atoms with E-state index in [9.17, 15) is 5.11 Å². The lowest BCUT2D eigenvalue weighted by molar-refractivity contribution is 0.00664. The van der Waals surface area contributed by atoms with Crippen LogP contribution in [0.5, 0.6) is 0 Å². The third-order valence-electron chi connectivity index (χ3n) is 4.17. The van der Waals surface area contributed by atoms with E-state index in [4.69, 9.17) is 4.74 Å². The molecule has 1 fully saturated rings. The van der Waals surface area contributed by atoms with E-state index >= 15 is 0 Å². The maximum absolute atomic E-state index is 9.26. The highest BCUT2D eigenvalue weighted by Gasteiger charge is 2.29. The summed E-state index contributed by atoms with van der Waals surface area (Å²) < 4.78 is 5.51. The van der Waals surface area contributed by atoms with Crippen LogP contribution in [0, 0.1) is 0 Å². The molecular formula is C14H29NO2. The molecular weight excluding hydrogens is 214 g/mol. The highest BCUT2D eigenvalue weighted by molar-refractivity contribution is 4.84. The molecule has 2 unspecified atom stereocenters. The summed E-state index contributed by atoms with van der Waals surface area (Å²) in [4.78, 5) is 2.52. The molecule has 3 nitrogen and oxygen atoms in total. The molecule has 0 bridgehead atoms. The van der Waals surface area contributed by atoms with E-state index in [1.807, 2.05) is 7.11 Å². The minimum Gasteiger partial charge on any atom is -0.395 e. The number of aliphatic hydroxyl groups is 1. The van der Waals surface area contributed by atoms with Crippen LogP contribution in [0.4, 0.5) is 0 Å². The fraction of sp³-hybridized carbons (Fsp3) is 1.00. The SMILES string of the molecule is CCC(CC)N(CCO)C1CCCC(OC)C1. The van der Waals surface area contributed by atoms with Gasteiger partial charge in [0.25, 0.3) is 0 Å². The van der Waals surface area contributed by atoms with Gasteiger partial charge in [0, 0.05) is 25.7 Å². The van der Waals surface area contributed by atoms with Gasteiger partial charge in [-0.2, -0.15) is 0 Å². The highest BCUT2D eigenvalue weighted by atomic mass is 16.5. The second kappa shape index (κ2) is 8.06. The molecule has 0 heterocycles. The van der Waals surface area contributed by atoms with Crippen LogP contribution in [0.2, 0.25) is 0 Å². The van der Waals surface area contributed by atoms with Gasteiger partial charge in [0.15, 0.2) is 0 Å². The molecule has 2 atom stereocenters. The molecule has 0 aromatic rings. The summed E-state index contributed by atoms with van der Waals surface area (Å²) in [5.41, 5.74) is 0. The zero-order chi connectivity index (χ0) is 12.7. The number of hydrogen-bond donors (Lipinski definition) is 1. The maximum Gasteiger partial charge on any atom is 0.0586 e. The molecule has 0 aromatic heterocycles. The summed E-state index contributed by atoms with van der Waals surface area (Å²) in [6.07, 6.45) is 7.61. The molecule has 102 valence electrons. The summed E-state index contributed by atoms with van der Waals surface area (Å²) in [7, 11) is 1.82. The first-order valence-electron chi connectivity index (χ1n) is 7.16. The normalized spacial score (nSPS) is 25.8. The molecule has 0 radical (unpaired) electrons. The van der Waals surface area contributed by atoms with Crippen molar-refractivity contribution in [3.63, 3.8) is 0 Å². The van der Waals surface area contributed by atoms with Gasteiger partial charge in [-0.15, -0.1) is 0 Å². The fourth-order valence-corrected chi connectivity index (χ4v) is 3.17. The van der Waals surface area contributed by atoms with Crippen LogP contribution in [-0.4, -0.2) is 48.5 Å². The average Bonchev–Trinajstić information content (AvgIpc) is 2.39. The van der Waals surface area contributed by atoms with E-state index in [2.05, 4.69) is 18.7 Å². The second-order valence-corrected chi connectivity index (χ2v) is 5.11. The van der Waals surface area contributed by atoms with Crippen LogP contribution in [-0.2, 0) is 4.74 Å². The van der Waals surface area contributed by atoms with E-state index in [0.717, 1.165) is 13.0 Å². The number of nitrogens with zero attached hydrogens (tertiary/aromatic N) is 1. The Kier molecular flexibility index (Phi) is 7.09. The van der Waals surface area contributed by atoms with Gasteiger partial charge in [0.2, 0.25) is 0 Å². The fourth-order valence-electron chi connectivity index (χ4n) is 3.17. The molecule has 17 heavy (non-hydrogen) atoms. The van der Waals surface area contributed by atoms with E-state index in [0.29, 0.717) is 18.2 Å². The lowest BCUT2D eigenvalue weighted by Crippen LogP contribution is -2.47. The molecule has 0 amide bonds. The number of hydrogen-bond acceptors (Lipinski definition) is 3. The quantitative estimate of drug-likeness (QED) is 0.745. The van der Waals surface area contributed by atoms with Crippen molar-refractivity contribution in [1.29, 1.82) is 0 Å². The predicted molar refractivity (Wildman–Crippen MR) is 71.2 cm³/mol. The van der Waals surface area contributed by atoms with E-state index in [1.54, 1.807) is 0 Å². The summed E-state index contributed by atoms with van der Waals surface area (Å²) >= 11 is 0. The van der Waals surface area contributed by atoms with Crippen molar-refractivity contribution in [1.82, 2.24) is 4.90 Å². The van der Waals surface area contributed by atoms with Gasteiger partial charge in [-0.25, -0.2) is 0 Å². The Morgan fingerprint density at radius 3 is 2.53 bits per heavy atom. The third-order valence-corrected chi connectivity index (χ3v) is 4.17. The summed E-state index contributed by atoms with van der Waals surface area (Å²) in [5, 5.41) is 9.26. The Morgan fingerprint density at radius 1 is 1.29 bits per heavy atom. The third kappa shape index (κ3) is 4.23. The van der Waals surface area contributed by atoms with Crippen LogP contribution >= 0.6 is 0 Å². The van der Waals surface area contributed by atoms with Crippen molar-refractivity contribution in [3.05, 3.63) is 0 Å². The van der Waals surface area contributed by atoms with E-state index in [-0.39, 0.29) is 6.61 Å². The largest absolute Gasteiger partial charge is 0.395 e. The standard InChI is InChI=1S/C14H29NO2/c1-4-12(5-2)15(9-10-16)13-7-6-8-14(11-13)17-3/h12-14,16H,4-11H2,1-3H3. The van der Waals surface area contributed by atoms with Crippen molar-refractivity contribution in [2.75, 3.05) is 20.3 Å². The topological polar surface area (TPSA) is 32.7 Å². The van der Waals surface area contributed by atoms with Gasteiger partial charge in [0.1, 0.15) is 0 Å². The van der Waals surface area contributed by atoms with Crippen molar-refractivity contribution < 1.29 is 9.84 Å². The van der Waals surface area contributed by atoms with Crippen molar-refractivity contribution in [2.45, 2.75) is 70.6 Å². The van der Waals surface area contributed by atoms with Crippen LogP contribution in [0.1, 0.15) is 52.4 Å². The minimum absolute atomic E-state index is 0.269. The maximum atomic E-state index is 9.26. The molecule has 1 aliphatic rings. The molecule has 0 aliphatic heterocycles. The van der Waals surface area contributed by atoms with Crippen LogP contribution in [0.15, 0.2) is 0 Å². The molecule has 0 spiro atoms. The Balaban J connectivity index is 2.61. The Morgan fingerprint density at radius 2 is 2.00 bits per heavy atom. The molecule has 0 aromatic carbocycles. The molecule has 1 N–H and O–H groups in total. The minimum atomic E-state index is 0.269. The van der Waals surface area contributed by atoms with E-state index in [1.165, 1.54) is 32.1 Å². The van der Waals surface area contributed by atoms with Crippen molar-refractivity contribution >= 4 is 0 Å². The van der Waals surface area contributed by atoms with Gasteiger partial charge in [0.05, 0.1) is 12.7 Å². The average molecular weight is 243 g/mol. The predicted octanol–water partition coefficient (Wildman–Crippen LogP) is 2.43. The molecule has 1 saturated carbocycles. The molecule has 1 aliphatic carbocycles. The highest BCUT2D eigenvalue weighted by Crippen LogP contribution is 2.27. The first-order valence-corrected chi connectivity index (χ1v) is 7.16. The zero-order valence-corrected chi connectivity index (χ0v) is 11.7. The van der Waals surface area contributed by atoms with Crippen molar-refractivity contribution in [3.8, 4) is 0 Å². The summed E-state index contributed by atoms with van der Waals surface area (Å²) in [6.45, 7) is 5.57. The van der Waals surface area contributed by atoms with Crippen molar-refractivity contribution in [2.24, 2.45) is 0 Å².